The second kappa shape index (κ2) is 6.56. The van der Waals surface area contributed by atoms with Crippen molar-refractivity contribution in [1.29, 1.82) is 0 Å². The molecule has 1 aliphatic rings. The van der Waals surface area contributed by atoms with Gasteiger partial charge in [0.2, 0.25) is 0 Å². The van der Waals surface area contributed by atoms with Gasteiger partial charge in [-0.2, -0.15) is 5.10 Å². The minimum atomic E-state index is -0.139. The van der Waals surface area contributed by atoms with Crippen LogP contribution in [0.2, 0.25) is 0 Å². The molecular weight excluding hydrogens is 301 g/mol. The predicted octanol–water partition coefficient (Wildman–Crippen LogP) is 4.59. The van der Waals surface area contributed by atoms with Crippen LogP contribution in [0.15, 0.2) is 54.7 Å². The van der Waals surface area contributed by atoms with Crippen LogP contribution in [-0.2, 0) is 13.0 Å². The molecule has 0 atom stereocenters. The third-order valence-electron chi connectivity index (χ3n) is 4.81. The monoisotopic (exact) mass is 321 g/mol. The molecule has 1 fully saturated rings. The lowest BCUT2D eigenvalue weighted by Gasteiger charge is -2.26. The molecule has 122 valence electrons. The first-order valence-electron chi connectivity index (χ1n) is 8.54. The molecule has 1 saturated carbocycles. The molecule has 0 unspecified atom stereocenters. The summed E-state index contributed by atoms with van der Waals surface area (Å²) in [5.41, 5.74) is 3.80. The van der Waals surface area contributed by atoms with Crippen LogP contribution in [0, 0.1) is 5.82 Å². The highest BCUT2D eigenvalue weighted by Crippen LogP contribution is 2.37. The molecule has 1 aromatic carbocycles. The number of aromatic nitrogens is 3. The number of pyridine rings is 1. The summed E-state index contributed by atoms with van der Waals surface area (Å²) in [5.74, 6) is 0.440. The molecule has 3 aromatic rings. The smallest absolute Gasteiger partial charge is 0.126 e. The van der Waals surface area contributed by atoms with Gasteiger partial charge in [0.15, 0.2) is 0 Å². The van der Waals surface area contributed by atoms with Gasteiger partial charge < -0.3 is 0 Å². The van der Waals surface area contributed by atoms with Gasteiger partial charge in [0.25, 0.3) is 0 Å². The van der Waals surface area contributed by atoms with Crippen molar-refractivity contribution in [3.8, 4) is 11.4 Å². The van der Waals surface area contributed by atoms with E-state index >= 15 is 0 Å². The minimum absolute atomic E-state index is 0.139. The Balaban J connectivity index is 1.61. The van der Waals surface area contributed by atoms with Crippen molar-refractivity contribution in [3.63, 3.8) is 0 Å². The van der Waals surface area contributed by atoms with E-state index < -0.39 is 0 Å². The van der Waals surface area contributed by atoms with Gasteiger partial charge in [-0.05, 0) is 49.1 Å². The summed E-state index contributed by atoms with van der Waals surface area (Å²) in [5, 5.41) is 4.76. The third-order valence-corrected chi connectivity index (χ3v) is 4.81. The fraction of sp³-hybridized carbons (Fsp3) is 0.300. The fourth-order valence-corrected chi connectivity index (χ4v) is 3.21. The number of hydrogen-bond acceptors (Lipinski definition) is 2. The van der Waals surface area contributed by atoms with E-state index in [0.717, 1.165) is 17.0 Å². The van der Waals surface area contributed by atoms with Crippen LogP contribution < -0.4 is 0 Å². The van der Waals surface area contributed by atoms with Crippen LogP contribution in [0.5, 0.6) is 0 Å². The molecule has 1 aliphatic carbocycles. The molecule has 0 aliphatic heterocycles. The maximum Gasteiger partial charge on any atom is 0.126 e. The largest absolute Gasteiger partial charge is 0.268 e. The van der Waals surface area contributed by atoms with Gasteiger partial charge in [-0.25, -0.2) is 4.39 Å². The molecule has 0 amide bonds. The van der Waals surface area contributed by atoms with Crippen molar-refractivity contribution in [3.05, 3.63) is 71.8 Å². The highest BCUT2D eigenvalue weighted by Gasteiger charge is 2.24. The zero-order chi connectivity index (χ0) is 16.4. The number of rotatable bonds is 5. The highest BCUT2D eigenvalue weighted by molar-refractivity contribution is 5.54. The molecule has 0 saturated heterocycles. The van der Waals surface area contributed by atoms with Gasteiger partial charge >= 0.3 is 0 Å². The van der Waals surface area contributed by atoms with E-state index in [4.69, 9.17) is 5.10 Å². The zero-order valence-corrected chi connectivity index (χ0v) is 13.5. The molecule has 4 heteroatoms. The first kappa shape index (κ1) is 15.1. The van der Waals surface area contributed by atoms with Gasteiger partial charge in [-0.1, -0.05) is 30.7 Å². The summed E-state index contributed by atoms with van der Waals surface area (Å²) in [6.45, 7) is 0.694. The lowest BCUT2D eigenvalue weighted by atomic mass is 9.82. The Morgan fingerprint density at radius 2 is 1.88 bits per heavy atom. The summed E-state index contributed by atoms with van der Waals surface area (Å²) in [6, 6.07) is 15.0. The van der Waals surface area contributed by atoms with E-state index in [1.54, 1.807) is 12.3 Å². The van der Waals surface area contributed by atoms with E-state index in [9.17, 15) is 4.39 Å². The summed E-state index contributed by atoms with van der Waals surface area (Å²) in [6.07, 6.45) is 6.15. The van der Waals surface area contributed by atoms with Crippen LogP contribution >= 0.6 is 0 Å². The predicted molar refractivity (Wildman–Crippen MR) is 92.2 cm³/mol. The molecule has 0 radical (unpaired) electrons. The maximum atomic E-state index is 13.9. The molecule has 0 N–H and O–H groups in total. The van der Waals surface area contributed by atoms with Gasteiger partial charge in [-0.3, -0.25) is 9.67 Å². The van der Waals surface area contributed by atoms with Gasteiger partial charge in [0.05, 0.1) is 5.69 Å². The third kappa shape index (κ3) is 2.96. The standard InChI is InChI=1S/C20H20FN3/c21-17-9-2-1-6-15(17)11-13-24-20(16-7-5-8-16)14-19(23-24)18-10-3-4-12-22-18/h1-4,6,9-10,12,14,16H,5,7-8,11,13H2. The Hall–Kier alpha value is -2.49. The average Bonchev–Trinajstić information content (AvgIpc) is 2.97. The van der Waals surface area contributed by atoms with Gasteiger partial charge in [0, 0.05) is 24.4 Å². The Bertz CT molecular complexity index is 822. The second-order valence-electron chi connectivity index (χ2n) is 6.36. The van der Waals surface area contributed by atoms with Crippen molar-refractivity contribution < 1.29 is 4.39 Å². The van der Waals surface area contributed by atoms with Crippen LogP contribution in [-0.4, -0.2) is 14.8 Å². The van der Waals surface area contributed by atoms with Gasteiger partial charge in [0.1, 0.15) is 11.5 Å². The van der Waals surface area contributed by atoms with Crippen LogP contribution in [0.3, 0.4) is 0 Å². The number of nitrogens with zero attached hydrogens (tertiary/aromatic N) is 3. The Morgan fingerprint density at radius 3 is 2.58 bits per heavy atom. The SMILES string of the molecule is Fc1ccccc1CCn1nc(-c2ccccn2)cc1C1CCC1. The lowest BCUT2D eigenvalue weighted by molar-refractivity contribution is 0.387. The second-order valence-corrected chi connectivity index (χ2v) is 6.36. The van der Waals surface area contributed by atoms with E-state index in [2.05, 4.69) is 15.7 Å². The first-order chi connectivity index (χ1) is 11.8. The number of aryl methyl sites for hydroxylation is 2. The molecule has 2 heterocycles. The normalized spacial score (nSPS) is 14.5. The Labute approximate surface area is 141 Å². The van der Waals surface area contributed by atoms with Gasteiger partial charge in [-0.15, -0.1) is 0 Å². The van der Waals surface area contributed by atoms with Crippen molar-refractivity contribution in [1.82, 2.24) is 14.8 Å². The number of halogens is 1. The summed E-state index contributed by atoms with van der Waals surface area (Å²) in [7, 11) is 0. The zero-order valence-electron chi connectivity index (χ0n) is 13.5. The first-order valence-corrected chi connectivity index (χ1v) is 8.54. The minimum Gasteiger partial charge on any atom is -0.268 e. The summed E-state index contributed by atoms with van der Waals surface area (Å²) < 4.78 is 15.9. The molecule has 24 heavy (non-hydrogen) atoms. The Kier molecular flexibility index (Phi) is 4.11. The highest BCUT2D eigenvalue weighted by atomic mass is 19.1. The van der Waals surface area contributed by atoms with Crippen LogP contribution in [0.1, 0.15) is 36.4 Å². The summed E-state index contributed by atoms with van der Waals surface area (Å²) in [4.78, 5) is 4.40. The average molecular weight is 321 g/mol. The van der Waals surface area contributed by atoms with Crippen LogP contribution in [0.4, 0.5) is 4.39 Å². The van der Waals surface area contributed by atoms with Crippen molar-refractivity contribution >= 4 is 0 Å². The topological polar surface area (TPSA) is 30.7 Å². The van der Waals surface area contributed by atoms with E-state index in [1.165, 1.54) is 31.0 Å². The Morgan fingerprint density at radius 1 is 1.04 bits per heavy atom. The van der Waals surface area contributed by atoms with E-state index in [0.29, 0.717) is 18.9 Å². The maximum absolute atomic E-state index is 13.9. The molecular formula is C20H20FN3. The molecule has 4 rings (SSSR count). The fourth-order valence-electron chi connectivity index (χ4n) is 3.21. The molecule has 2 aromatic heterocycles. The molecule has 0 bridgehead atoms. The van der Waals surface area contributed by atoms with Crippen LogP contribution in [0.25, 0.3) is 11.4 Å². The molecule has 0 spiro atoms. The van der Waals surface area contributed by atoms with E-state index in [1.807, 2.05) is 30.3 Å². The summed E-state index contributed by atoms with van der Waals surface area (Å²) >= 11 is 0. The van der Waals surface area contributed by atoms with Crippen molar-refractivity contribution in [2.24, 2.45) is 0 Å². The quantitative estimate of drug-likeness (QED) is 0.688. The molecule has 3 nitrogen and oxygen atoms in total. The van der Waals surface area contributed by atoms with E-state index in [-0.39, 0.29) is 5.82 Å². The lowest BCUT2D eigenvalue weighted by Crippen LogP contribution is -2.16. The van der Waals surface area contributed by atoms with Crippen molar-refractivity contribution in [2.45, 2.75) is 38.1 Å². The number of benzene rings is 1. The number of hydrogen-bond donors (Lipinski definition) is 0. The van der Waals surface area contributed by atoms with Crippen molar-refractivity contribution in [2.75, 3.05) is 0 Å².